The molecule has 0 unspecified atom stereocenters. The van der Waals surface area contributed by atoms with Crippen LogP contribution >= 0.6 is 0 Å². The van der Waals surface area contributed by atoms with Gasteiger partial charge in [0, 0.05) is 43.7 Å². The lowest BCUT2D eigenvalue weighted by molar-refractivity contribution is -0.384. The monoisotopic (exact) mass is 441 g/mol. The number of sulfonamides is 1. The van der Waals surface area contributed by atoms with Crippen molar-refractivity contribution in [3.8, 4) is 0 Å². The molecule has 0 radical (unpaired) electrons. The van der Waals surface area contributed by atoms with Crippen molar-refractivity contribution in [3.63, 3.8) is 0 Å². The van der Waals surface area contributed by atoms with E-state index in [1.54, 1.807) is 27.3 Å². The van der Waals surface area contributed by atoms with Gasteiger partial charge in [0.25, 0.3) is 5.69 Å². The summed E-state index contributed by atoms with van der Waals surface area (Å²) in [6.07, 6.45) is 4.70. The third kappa shape index (κ3) is 3.71. The zero-order chi connectivity index (χ0) is 21.6. The Bertz CT molecular complexity index is 1260. The minimum Gasteiger partial charge on any atom is -0.282 e. The van der Waals surface area contributed by atoms with Gasteiger partial charge in [-0.15, -0.1) is 0 Å². The summed E-state index contributed by atoms with van der Waals surface area (Å²) in [6, 6.07) is 10.2. The van der Waals surface area contributed by atoms with E-state index < -0.39 is 14.9 Å². The molecule has 31 heavy (non-hydrogen) atoms. The molecule has 1 fully saturated rings. The SMILES string of the molecule is O=[N+]([O-])c1ccc2c(cnn2CN2CCN(S(=O)(=O)c3ccc4c(c3)CCC4)CC2)c1. The number of aromatic nitrogens is 2. The van der Waals surface area contributed by atoms with Crippen molar-refractivity contribution in [1.29, 1.82) is 0 Å². The van der Waals surface area contributed by atoms with Gasteiger partial charge in [0.05, 0.1) is 28.2 Å². The number of nitro groups is 1. The molecule has 2 aromatic carbocycles. The fourth-order valence-electron chi connectivity index (χ4n) is 4.46. The van der Waals surface area contributed by atoms with Gasteiger partial charge in [0.15, 0.2) is 0 Å². The Labute approximate surface area is 180 Å². The average Bonchev–Trinajstić information content (AvgIpc) is 3.40. The number of benzene rings is 2. The minimum atomic E-state index is -3.50. The molecule has 1 saturated heterocycles. The molecule has 0 N–H and O–H groups in total. The van der Waals surface area contributed by atoms with E-state index in [4.69, 9.17) is 0 Å². The van der Waals surface area contributed by atoms with Crippen molar-refractivity contribution in [3.05, 3.63) is 63.8 Å². The highest BCUT2D eigenvalue weighted by Gasteiger charge is 2.29. The van der Waals surface area contributed by atoms with Crippen LogP contribution in [-0.4, -0.2) is 58.5 Å². The Balaban J connectivity index is 1.26. The second kappa shape index (κ2) is 7.70. The van der Waals surface area contributed by atoms with Crippen LogP contribution in [0.5, 0.6) is 0 Å². The summed E-state index contributed by atoms with van der Waals surface area (Å²) in [5.41, 5.74) is 3.28. The second-order valence-corrected chi connectivity index (χ2v) is 10.0. The number of fused-ring (bicyclic) bond motifs is 2. The van der Waals surface area contributed by atoms with Gasteiger partial charge in [-0.05, 0) is 48.6 Å². The highest BCUT2D eigenvalue weighted by molar-refractivity contribution is 7.89. The molecule has 0 atom stereocenters. The number of nitro benzene ring substituents is 1. The maximum Gasteiger partial charge on any atom is 0.270 e. The smallest absolute Gasteiger partial charge is 0.270 e. The van der Waals surface area contributed by atoms with Gasteiger partial charge >= 0.3 is 0 Å². The summed E-state index contributed by atoms with van der Waals surface area (Å²) in [5, 5.41) is 16.0. The highest BCUT2D eigenvalue weighted by atomic mass is 32.2. The molecular weight excluding hydrogens is 418 g/mol. The lowest BCUT2D eigenvalue weighted by Gasteiger charge is -2.34. The molecule has 9 nitrogen and oxygen atoms in total. The van der Waals surface area contributed by atoms with Crippen LogP contribution in [0.3, 0.4) is 0 Å². The predicted octanol–water partition coefficient (Wildman–Crippen LogP) is 2.40. The van der Waals surface area contributed by atoms with E-state index in [1.807, 2.05) is 12.1 Å². The van der Waals surface area contributed by atoms with Gasteiger partial charge < -0.3 is 0 Å². The Morgan fingerprint density at radius 3 is 2.55 bits per heavy atom. The summed E-state index contributed by atoms with van der Waals surface area (Å²) < 4.78 is 29.6. The second-order valence-electron chi connectivity index (χ2n) is 8.09. The van der Waals surface area contributed by atoms with Crippen molar-refractivity contribution < 1.29 is 13.3 Å². The highest BCUT2D eigenvalue weighted by Crippen LogP contribution is 2.27. The van der Waals surface area contributed by atoms with Crippen molar-refractivity contribution in [2.75, 3.05) is 26.2 Å². The van der Waals surface area contributed by atoms with Gasteiger partial charge in [0.1, 0.15) is 0 Å². The fourth-order valence-corrected chi connectivity index (χ4v) is 5.93. The molecule has 3 aromatic rings. The average molecular weight is 442 g/mol. The predicted molar refractivity (Wildman–Crippen MR) is 115 cm³/mol. The molecule has 0 amide bonds. The van der Waals surface area contributed by atoms with Gasteiger partial charge in [-0.1, -0.05) is 6.07 Å². The number of non-ortho nitro benzene ring substituents is 1. The third-order valence-electron chi connectivity index (χ3n) is 6.21. The Morgan fingerprint density at radius 1 is 1.00 bits per heavy atom. The molecule has 1 aliphatic carbocycles. The number of hydrogen-bond donors (Lipinski definition) is 0. The Hall–Kier alpha value is -2.82. The van der Waals surface area contributed by atoms with E-state index in [9.17, 15) is 18.5 Å². The minimum absolute atomic E-state index is 0.0393. The molecule has 10 heteroatoms. The van der Waals surface area contributed by atoms with E-state index >= 15 is 0 Å². The molecule has 0 bridgehead atoms. The Morgan fingerprint density at radius 2 is 1.77 bits per heavy atom. The van der Waals surface area contributed by atoms with Crippen molar-refractivity contribution in [2.24, 2.45) is 0 Å². The summed E-state index contributed by atoms with van der Waals surface area (Å²) in [5.74, 6) is 0. The summed E-state index contributed by atoms with van der Waals surface area (Å²) >= 11 is 0. The lowest BCUT2D eigenvalue weighted by atomic mass is 10.1. The molecule has 2 aliphatic rings. The normalized spacial score (nSPS) is 17.8. The van der Waals surface area contributed by atoms with Crippen LogP contribution in [0.4, 0.5) is 5.69 Å². The molecule has 2 heterocycles. The zero-order valence-corrected chi connectivity index (χ0v) is 17.8. The van der Waals surface area contributed by atoms with Crippen molar-refractivity contribution in [2.45, 2.75) is 30.8 Å². The first-order valence-electron chi connectivity index (χ1n) is 10.4. The van der Waals surface area contributed by atoms with E-state index in [0.717, 1.165) is 30.3 Å². The van der Waals surface area contributed by atoms with Crippen LogP contribution < -0.4 is 0 Å². The number of nitrogens with zero attached hydrogens (tertiary/aromatic N) is 5. The fraction of sp³-hybridized carbons (Fsp3) is 0.381. The van der Waals surface area contributed by atoms with Crippen LogP contribution in [0.15, 0.2) is 47.5 Å². The summed E-state index contributed by atoms with van der Waals surface area (Å²) in [4.78, 5) is 13.1. The largest absolute Gasteiger partial charge is 0.282 e. The van der Waals surface area contributed by atoms with Crippen molar-refractivity contribution in [1.82, 2.24) is 19.0 Å². The lowest BCUT2D eigenvalue weighted by Crippen LogP contribution is -2.48. The molecule has 5 rings (SSSR count). The topological polar surface area (TPSA) is 102 Å². The van der Waals surface area contributed by atoms with Crippen LogP contribution in [-0.2, 0) is 29.5 Å². The molecule has 1 aromatic heterocycles. The number of hydrogen-bond acceptors (Lipinski definition) is 6. The quantitative estimate of drug-likeness (QED) is 0.445. The van der Waals surface area contributed by atoms with Crippen LogP contribution in [0.25, 0.3) is 10.9 Å². The van der Waals surface area contributed by atoms with E-state index in [0.29, 0.717) is 43.1 Å². The number of aryl methyl sites for hydroxylation is 2. The molecule has 0 spiro atoms. The summed E-state index contributed by atoms with van der Waals surface area (Å²) in [6.45, 7) is 2.54. The van der Waals surface area contributed by atoms with E-state index in [-0.39, 0.29) is 5.69 Å². The first-order valence-corrected chi connectivity index (χ1v) is 11.8. The molecule has 0 saturated carbocycles. The van der Waals surface area contributed by atoms with Gasteiger partial charge in [-0.25, -0.2) is 8.42 Å². The third-order valence-corrected chi connectivity index (χ3v) is 8.10. The van der Waals surface area contributed by atoms with Crippen LogP contribution in [0, 0.1) is 10.1 Å². The van der Waals surface area contributed by atoms with Gasteiger partial charge in [0.2, 0.25) is 10.0 Å². The van der Waals surface area contributed by atoms with Crippen molar-refractivity contribution >= 4 is 26.6 Å². The van der Waals surface area contributed by atoms with Crippen LogP contribution in [0.2, 0.25) is 0 Å². The standard InChI is InChI=1S/C21H23N5O4S/c27-26(28)19-5-7-21-18(12-19)14-22-25(21)15-23-8-10-24(11-9-23)31(29,30)20-6-4-16-2-1-3-17(16)13-20/h4-7,12-14H,1-3,8-11,15H2. The number of rotatable bonds is 5. The first-order chi connectivity index (χ1) is 14.9. The summed E-state index contributed by atoms with van der Waals surface area (Å²) in [7, 11) is -3.50. The van der Waals surface area contributed by atoms with Crippen LogP contribution in [0.1, 0.15) is 17.5 Å². The zero-order valence-electron chi connectivity index (χ0n) is 17.0. The maximum absolute atomic E-state index is 13.1. The maximum atomic E-state index is 13.1. The van der Waals surface area contributed by atoms with Gasteiger partial charge in [-0.2, -0.15) is 9.40 Å². The molecular formula is C21H23N5O4S. The Kier molecular flexibility index (Phi) is 4.99. The number of piperazine rings is 1. The molecule has 162 valence electrons. The molecule has 1 aliphatic heterocycles. The van der Waals surface area contributed by atoms with Gasteiger partial charge in [-0.3, -0.25) is 19.7 Å². The van der Waals surface area contributed by atoms with E-state index in [2.05, 4.69) is 10.00 Å². The van der Waals surface area contributed by atoms with E-state index in [1.165, 1.54) is 17.7 Å². The first kappa shape index (κ1) is 20.1.